The molecule has 0 aliphatic heterocycles. The molecule has 0 aromatic carbocycles. The van der Waals surface area contributed by atoms with Crippen molar-refractivity contribution in [2.75, 3.05) is 7.05 Å². The summed E-state index contributed by atoms with van der Waals surface area (Å²) < 4.78 is 0. The van der Waals surface area contributed by atoms with Gasteiger partial charge in [0.25, 0.3) is 0 Å². The van der Waals surface area contributed by atoms with Gasteiger partial charge in [0.05, 0.1) is 11.4 Å². The fourth-order valence-electron chi connectivity index (χ4n) is 0.336. The Labute approximate surface area is 67.1 Å². The van der Waals surface area contributed by atoms with E-state index in [9.17, 15) is 0 Å². The van der Waals surface area contributed by atoms with E-state index in [2.05, 4.69) is 29.5 Å². The molecule has 0 aliphatic rings. The molecule has 0 radical (unpaired) electrons. The average molecular weight is 156 g/mol. The molecular formula is C7H12N2S. The summed E-state index contributed by atoms with van der Waals surface area (Å²) in [7, 11) is 1.69. The number of allylic oxidation sites excluding steroid dienone is 2. The first kappa shape index (κ1) is 9.30. The Morgan fingerprint density at radius 3 is 2.70 bits per heavy atom. The molecule has 56 valence electrons. The first-order valence-corrected chi connectivity index (χ1v) is 3.36. The number of aliphatic imine (C=N–C) groups is 1. The lowest BCUT2D eigenvalue weighted by atomic mass is 10.3. The summed E-state index contributed by atoms with van der Waals surface area (Å²) in [6.07, 6.45) is 3.31. The second-order valence-electron chi connectivity index (χ2n) is 1.77. The normalized spacial score (nSPS) is 13.1. The molecule has 0 fully saturated rings. The lowest BCUT2D eigenvalue weighted by Gasteiger charge is -1.99. The third-order valence-electron chi connectivity index (χ3n) is 1.01. The summed E-state index contributed by atoms with van der Waals surface area (Å²) in [6, 6.07) is 0. The highest BCUT2D eigenvalue weighted by Gasteiger charge is 1.88. The van der Waals surface area contributed by atoms with Gasteiger partial charge in [-0.3, -0.25) is 4.99 Å². The van der Waals surface area contributed by atoms with Crippen molar-refractivity contribution in [1.82, 2.24) is 5.32 Å². The van der Waals surface area contributed by atoms with Crippen LogP contribution in [0, 0.1) is 0 Å². The second kappa shape index (κ2) is 5.11. The van der Waals surface area contributed by atoms with E-state index in [1.54, 1.807) is 19.5 Å². The Kier molecular flexibility index (Phi) is 4.76. The maximum Gasteiger partial charge on any atom is 0.0868 e. The smallest absolute Gasteiger partial charge is 0.0868 e. The molecule has 0 unspecified atom stereocenters. The topological polar surface area (TPSA) is 24.4 Å². The van der Waals surface area contributed by atoms with E-state index in [0.717, 1.165) is 10.6 Å². The maximum absolute atomic E-state index is 4.15. The van der Waals surface area contributed by atoms with Crippen molar-refractivity contribution in [3.8, 4) is 0 Å². The highest BCUT2D eigenvalue weighted by atomic mass is 32.1. The van der Waals surface area contributed by atoms with Gasteiger partial charge in [0.15, 0.2) is 0 Å². The van der Waals surface area contributed by atoms with Crippen molar-refractivity contribution < 1.29 is 0 Å². The molecule has 0 rings (SSSR count). The number of hydrogen-bond acceptors (Lipinski definition) is 2. The molecule has 2 nitrogen and oxygen atoms in total. The van der Waals surface area contributed by atoms with E-state index < -0.39 is 0 Å². The Hall–Kier alpha value is -0.700. The van der Waals surface area contributed by atoms with Crippen LogP contribution in [-0.4, -0.2) is 13.4 Å². The number of nitrogens with zero attached hydrogens (tertiary/aromatic N) is 1. The predicted octanol–water partition coefficient (Wildman–Crippen LogP) is 1.58. The van der Waals surface area contributed by atoms with E-state index in [0.29, 0.717) is 0 Å². The van der Waals surface area contributed by atoms with Crippen LogP contribution in [0.1, 0.15) is 6.92 Å². The van der Waals surface area contributed by atoms with Gasteiger partial charge in [0, 0.05) is 7.05 Å². The minimum Gasteiger partial charge on any atom is -0.341 e. The van der Waals surface area contributed by atoms with E-state index >= 15 is 0 Å². The van der Waals surface area contributed by atoms with Crippen molar-refractivity contribution in [3.05, 3.63) is 23.3 Å². The molecule has 0 aromatic heterocycles. The van der Waals surface area contributed by atoms with Crippen molar-refractivity contribution >= 4 is 19.0 Å². The lowest BCUT2D eigenvalue weighted by Crippen LogP contribution is -2.06. The monoisotopic (exact) mass is 156 g/mol. The zero-order valence-corrected chi connectivity index (χ0v) is 7.15. The number of nitrogens with one attached hydrogen (secondary N) is 1. The fraction of sp³-hybridized carbons (Fsp3) is 0.286. The van der Waals surface area contributed by atoms with Gasteiger partial charge in [0.2, 0.25) is 0 Å². The van der Waals surface area contributed by atoms with Gasteiger partial charge in [-0.15, -0.1) is 12.6 Å². The van der Waals surface area contributed by atoms with Gasteiger partial charge in [-0.05, 0) is 12.5 Å². The quantitative estimate of drug-likeness (QED) is 0.276. The van der Waals surface area contributed by atoms with Crippen LogP contribution in [0.2, 0.25) is 0 Å². The summed E-state index contributed by atoms with van der Waals surface area (Å²) in [5, 5.41) is 3.64. The van der Waals surface area contributed by atoms with Gasteiger partial charge in [-0.1, -0.05) is 12.7 Å². The van der Waals surface area contributed by atoms with Crippen LogP contribution in [0.4, 0.5) is 0 Å². The van der Waals surface area contributed by atoms with Crippen molar-refractivity contribution in [3.63, 3.8) is 0 Å². The van der Waals surface area contributed by atoms with Crippen molar-refractivity contribution in [1.29, 1.82) is 0 Å². The number of rotatable bonds is 3. The summed E-state index contributed by atoms with van der Waals surface area (Å²) >= 11 is 4.15. The fourth-order valence-corrected chi connectivity index (χ4v) is 0.485. The minimum absolute atomic E-state index is 0.778. The van der Waals surface area contributed by atoms with Crippen LogP contribution in [0.15, 0.2) is 28.2 Å². The highest BCUT2D eigenvalue weighted by Crippen LogP contribution is 2.03. The average Bonchev–Trinajstić information content (AvgIpc) is 1.98. The lowest BCUT2D eigenvalue weighted by molar-refractivity contribution is 1.22. The van der Waals surface area contributed by atoms with Gasteiger partial charge in [0.1, 0.15) is 0 Å². The molecular weight excluding hydrogens is 144 g/mol. The first-order chi connectivity index (χ1) is 4.72. The van der Waals surface area contributed by atoms with Gasteiger partial charge >= 0.3 is 0 Å². The van der Waals surface area contributed by atoms with Crippen LogP contribution in [0.5, 0.6) is 0 Å². The summed E-state index contributed by atoms with van der Waals surface area (Å²) in [5.41, 5.74) is 1.00. The molecule has 0 bridgehead atoms. The molecule has 10 heavy (non-hydrogen) atoms. The minimum atomic E-state index is 0.778. The molecule has 0 atom stereocenters. The van der Waals surface area contributed by atoms with E-state index in [-0.39, 0.29) is 0 Å². The Morgan fingerprint density at radius 2 is 2.30 bits per heavy atom. The van der Waals surface area contributed by atoms with Crippen LogP contribution < -0.4 is 5.32 Å². The SMILES string of the molecule is C=C/C(C)=C(\S)NC=NC. The highest BCUT2D eigenvalue weighted by molar-refractivity contribution is 7.84. The van der Waals surface area contributed by atoms with E-state index in [1.807, 2.05) is 6.92 Å². The molecule has 3 heteroatoms. The Balaban J connectivity index is 4.04. The molecule has 0 aliphatic carbocycles. The Morgan fingerprint density at radius 1 is 1.70 bits per heavy atom. The summed E-state index contributed by atoms with van der Waals surface area (Å²) in [6.45, 7) is 5.52. The second-order valence-corrected chi connectivity index (χ2v) is 2.21. The van der Waals surface area contributed by atoms with Crippen molar-refractivity contribution in [2.24, 2.45) is 4.99 Å². The van der Waals surface area contributed by atoms with Gasteiger partial charge < -0.3 is 5.32 Å². The molecule has 0 aromatic rings. The predicted molar refractivity (Wildman–Crippen MR) is 49.4 cm³/mol. The standard InChI is InChI=1S/C7H12N2S/c1-4-6(2)7(10)9-5-8-3/h4-5,10H,1H2,2-3H3,(H,8,9)/b7-6-. The molecule has 0 heterocycles. The Bertz CT molecular complexity index is 170. The zero-order chi connectivity index (χ0) is 7.98. The largest absolute Gasteiger partial charge is 0.341 e. The van der Waals surface area contributed by atoms with Crippen LogP contribution in [0.25, 0.3) is 0 Å². The molecule has 0 spiro atoms. The number of thiol groups is 1. The molecule has 0 saturated carbocycles. The maximum atomic E-state index is 4.15. The molecule has 0 saturated heterocycles. The van der Waals surface area contributed by atoms with Crippen LogP contribution in [-0.2, 0) is 0 Å². The first-order valence-electron chi connectivity index (χ1n) is 2.91. The van der Waals surface area contributed by atoms with Gasteiger partial charge in [-0.2, -0.15) is 0 Å². The van der Waals surface area contributed by atoms with E-state index in [4.69, 9.17) is 0 Å². The van der Waals surface area contributed by atoms with Crippen LogP contribution in [0.3, 0.4) is 0 Å². The molecule has 1 N–H and O–H groups in total. The third kappa shape index (κ3) is 3.35. The zero-order valence-electron chi connectivity index (χ0n) is 6.26. The molecule has 0 amide bonds. The van der Waals surface area contributed by atoms with Crippen molar-refractivity contribution in [2.45, 2.75) is 6.92 Å². The summed E-state index contributed by atoms with van der Waals surface area (Å²) in [5.74, 6) is 0. The van der Waals surface area contributed by atoms with E-state index in [1.165, 1.54) is 0 Å². The van der Waals surface area contributed by atoms with Gasteiger partial charge in [-0.25, -0.2) is 0 Å². The number of hydrogen-bond donors (Lipinski definition) is 2. The third-order valence-corrected chi connectivity index (χ3v) is 1.49. The summed E-state index contributed by atoms with van der Waals surface area (Å²) in [4.78, 5) is 3.74. The van der Waals surface area contributed by atoms with Crippen LogP contribution >= 0.6 is 12.6 Å².